The van der Waals surface area contributed by atoms with Crippen molar-refractivity contribution < 1.29 is 19.2 Å². The highest BCUT2D eigenvalue weighted by Gasteiger charge is 2.45. The number of nitrogens with one attached hydrogen (secondary N) is 3. The molecule has 3 N–H and O–H groups in total. The van der Waals surface area contributed by atoms with E-state index in [1.165, 1.54) is 19.3 Å². The predicted octanol–water partition coefficient (Wildman–Crippen LogP) is 2.02. The molecule has 1 aromatic carbocycles. The van der Waals surface area contributed by atoms with Crippen molar-refractivity contribution in [3.05, 3.63) is 34.9 Å². The van der Waals surface area contributed by atoms with Gasteiger partial charge in [-0.3, -0.25) is 29.4 Å². The number of fused-ring (bicyclic) bond motifs is 1. The summed E-state index contributed by atoms with van der Waals surface area (Å²) in [6.07, 6.45) is 6.07. The summed E-state index contributed by atoms with van der Waals surface area (Å²) in [5.74, 6) is -2.02. The van der Waals surface area contributed by atoms with E-state index < -0.39 is 29.7 Å². The minimum absolute atomic E-state index is 0. The molecule has 4 rings (SSSR count). The molecule has 166 valence electrons. The molecule has 1 aromatic rings. The van der Waals surface area contributed by atoms with Crippen LogP contribution in [-0.4, -0.2) is 45.7 Å². The van der Waals surface area contributed by atoms with Crippen LogP contribution in [-0.2, 0) is 16.1 Å². The van der Waals surface area contributed by atoms with Gasteiger partial charge in [-0.1, -0.05) is 38.8 Å². The lowest BCUT2D eigenvalue weighted by molar-refractivity contribution is -0.136. The predicted molar refractivity (Wildman–Crippen MR) is 119 cm³/mol. The molecule has 1 unspecified atom stereocenters. The smallest absolute Gasteiger partial charge is 0.262 e. The monoisotopic (exact) mass is 444 g/mol. The number of hydrogen-bond donors (Lipinski definition) is 3. The van der Waals surface area contributed by atoms with Crippen LogP contribution in [0.4, 0.5) is 0 Å². The van der Waals surface area contributed by atoms with Gasteiger partial charge in [0.1, 0.15) is 6.04 Å². The number of nitrogens with zero attached hydrogens (tertiary/aromatic N) is 1. The lowest BCUT2D eigenvalue weighted by atomic mass is 9.96. The third-order valence-electron chi connectivity index (χ3n) is 5.93. The maximum absolute atomic E-state index is 13.1. The standard InChI is InChI=1S/C21H24N4O4S.CH4/c26-16-10-9-15(18(27)24-16)25-19(28)14-8-4-5-12(17(14)20(25)29)11-22-21(30)23-13-6-2-1-3-7-13;/h4-5,8,13,15H,1-3,6-7,9-11H2,(H2,22,23,30)(H,24,26,27);1H4. The van der Waals surface area contributed by atoms with Gasteiger partial charge in [0.2, 0.25) is 11.8 Å². The highest BCUT2D eigenvalue weighted by molar-refractivity contribution is 7.80. The Kier molecular flexibility index (Phi) is 7.04. The van der Waals surface area contributed by atoms with E-state index in [-0.39, 0.29) is 25.8 Å². The molecule has 2 heterocycles. The van der Waals surface area contributed by atoms with E-state index >= 15 is 0 Å². The first-order valence-electron chi connectivity index (χ1n) is 10.3. The van der Waals surface area contributed by atoms with Crippen molar-refractivity contribution in [2.75, 3.05) is 0 Å². The van der Waals surface area contributed by atoms with E-state index in [4.69, 9.17) is 12.2 Å². The van der Waals surface area contributed by atoms with Crippen molar-refractivity contribution in [3.8, 4) is 0 Å². The summed E-state index contributed by atoms with van der Waals surface area (Å²) in [5, 5.41) is 9.19. The summed E-state index contributed by atoms with van der Waals surface area (Å²) in [4.78, 5) is 50.6. The van der Waals surface area contributed by atoms with Gasteiger partial charge < -0.3 is 10.6 Å². The number of hydrogen-bond acceptors (Lipinski definition) is 5. The maximum atomic E-state index is 13.1. The Morgan fingerprint density at radius 2 is 1.81 bits per heavy atom. The van der Waals surface area contributed by atoms with E-state index in [0.717, 1.165) is 17.7 Å². The van der Waals surface area contributed by atoms with Gasteiger partial charge in [-0.2, -0.15) is 0 Å². The summed E-state index contributed by atoms with van der Waals surface area (Å²) >= 11 is 5.40. The average Bonchev–Trinajstić information content (AvgIpc) is 2.98. The van der Waals surface area contributed by atoms with Crippen LogP contribution in [0.15, 0.2) is 18.2 Å². The van der Waals surface area contributed by atoms with Crippen LogP contribution in [0, 0.1) is 0 Å². The van der Waals surface area contributed by atoms with Gasteiger partial charge in [0.25, 0.3) is 11.8 Å². The number of piperidine rings is 1. The molecule has 4 amide bonds. The van der Waals surface area contributed by atoms with Crippen LogP contribution >= 0.6 is 12.2 Å². The Balaban J connectivity index is 0.00000272. The van der Waals surface area contributed by atoms with Crippen LogP contribution in [0.2, 0.25) is 0 Å². The van der Waals surface area contributed by atoms with Crippen LogP contribution in [0.3, 0.4) is 0 Å². The Morgan fingerprint density at radius 1 is 1.06 bits per heavy atom. The molecule has 8 nitrogen and oxygen atoms in total. The first-order valence-corrected chi connectivity index (χ1v) is 10.7. The summed E-state index contributed by atoms with van der Waals surface area (Å²) in [5.41, 5.74) is 1.21. The highest BCUT2D eigenvalue weighted by atomic mass is 32.1. The minimum atomic E-state index is -0.968. The molecule has 1 aliphatic carbocycles. The number of rotatable bonds is 4. The number of carbonyl (C=O) groups excluding carboxylic acids is 4. The fourth-order valence-electron chi connectivity index (χ4n) is 4.39. The fourth-order valence-corrected chi connectivity index (χ4v) is 4.63. The van der Waals surface area contributed by atoms with E-state index in [1.807, 2.05) is 0 Å². The molecule has 1 saturated carbocycles. The number of imide groups is 2. The second kappa shape index (κ2) is 9.55. The molecule has 9 heteroatoms. The topological polar surface area (TPSA) is 108 Å². The molecule has 3 aliphatic rings. The molecule has 2 aliphatic heterocycles. The second-order valence-electron chi connectivity index (χ2n) is 7.95. The van der Waals surface area contributed by atoms with Crippen molar-refractivity contribution in [2.24, 2.45) is 0 Å². The van der Waals surface area contributed by atoms with Crippen molar-refractivity contribution >= 4 is 41.0 Å². The quantitative estimate of drug-likeness (QED) is 0.482. The zero-order chi connectivity index (χ0) is 21.3. The van der Waals surface area contributed by atoms with Gasteiger partial charge in [-0.05, 0) is 43.1 Å². The molecule has 0 radical (unpaired) electrons. The molecule has 31 heavy (non-hydrogen) atoms. The van der Waals surface area contributed by atoms with Gasteiger partial charge in [0.05, 0.1) is 11.1 Å². The van der Waals surface area contributed by atoms with Crippen molar-refractivity contribution in [1.82, 2.24) is 20.9 Å². The largest absolute Gasteiger partial charge is 0.360 e. The molecule has 0 bridgehead atoms. The average molecular weight is 445 g/mol. The number of carbonyl (C=O) groups is 4. The van der Waals surface area contributed by atoms with E-state index in [0.29, 0.717) is 28.8 Å². The molecule has 2 fully saturated rings. The van der Waals surface area contributed by atoms with E-state index in [2.05, 4.69) is 16.0 Å². The number of benzene rings is 1. The van der Waals surface area contributed by atoms with Crippen molar-refractivity contribution in [1.29, 1.82) is 0 Å². The molecular formula is C22H28N4O4S. The van der Waals surface area contributed by atoms with Gasteiger partial charge in [-0.15, -0.1) is 0 Å². The Labute approximate surface area is 187 Å². The van der Waals surface area contributed by atoms with E-state index in [9.17, 15) is 19.2 Å². The van der Waals surface area contributed by atoms with E-state index in [1.54, 1.807) is 18.2 Å². The summed E-state index contributed by atoms with van der Waals surface area (Å²) in [7, 11) is 0. The van der Waals surface area contributed by atoms with Gasteiger partial charge >= 0.3 is 0 Å². The Morgan fingerprint density at radius 3 is 2.52 bits per heavy atom. The van der Waals surface area contributed by atoms with Crippen LogP contribution < -0.4 is 16.0 Å². The number of amides is 4. The first-order chi connectivity index (χ1) is 14.5. The summed E-state index contributed by atoms with van der Waals surface area (Å²) < 4.78 is 0. The highest BCUT2D eigenvalue weighted by Crippen LogP contribution is 2.30. The molecule has 0 spiro atoms. The molecule has 1 atom stereocenters. The van der Waals surface area contributed by atoms with Crippen molar-refractivity contribution in [3.63, 3.8) is 0 Å². The van der Waals surface area contributed by atoms with Gasteiger partial charge in [-0.25, -0.2) is 0 Å². The van der Waals surface area contributed by atoms with Gasteiger partial charge in [0, 0.05) is 19.0 Å². The van der Waals surface area contributed by atoms with Gasteiger partial charge in [0.15, 0.2) is 5.11 Å². The molecule has 0 aromatic heterocycles. The Bertz CT molecular complexity index is 926. The third-order valence-corrected chi connectivity index (χ3v) is 6.20. The lowest BCUT2D eigenvalue weighted by Crippen LogP contribution is -2.54. The third kappa shape index (κ3) is 4.61. The second-order valence-corrected chi connectivity index (χ2v) is 8.36. The van der Waals surface area contributed by atoms with Crippen molar-refractivity contribution in [2.45, 2.75) is 71.0 Å². The zero-order valence-electron chi connectivity index (χ0n) is 16.5. The molecule has 1 saturated heterocycles. The minimum Gasteiger partial charge on any atom is -0.360 e. The normalized spacial score (nSPS) is 21.3. The van der Waals surface area contributed by atoms with Crippen LogP contribution in [0.25, 0.3) is 0 Å². The van der Waals surface area contributed by atoms with Crippen LogP contribution in [0.1, 0.15) is 78.7 Å². The first kappa shape index (κ1) is 22.9. The number of thiocarbonyl (C=S) groups is 1. The Hall–Kier alpha value is -2.81. The fraction of sp³-hybridized carbons (Fsp3) is 0.500. The summed E-state index contributed by atoms with van der Waals surface area (Å²) in [6.45, 7) is 0.296. The van der Waals surface area contributed by atoms with Crippen LogP contribution in [0.5, 0.6) is 0 Å². The molecular weight excluding hydrogens is 416 g/mol. The maximum Gasteiger partial charge on any atom is 0.262 e. The SMILES string of the molecule is C.O=C1CCC(N2C(=O)c3cccc(CNC(=S)NC4CCCCC4)c3C2=O)C(=O)N1. The zero-order valence-corrected chi connectivity index (χ0v) is 17.3. The summed E-state index contributed by atoms with van der Waals surface area (Å²) in [6, 6.07) is 4.47. The lowest BCUT2D eigenvalue weighted by Gasteiger charge is -2.27.